The van der Waals surface area contributed by atoms with E-state index in [9.17, 15) is 0 Å². The number of imidazole rings is 1. The SMILES string of the molecule is CC(C)(C)c1ncc2ncn(C3CCOCC3)c2n1. The summed E-state index contributed by atoms with van der Waals surface area (Å²) in [7, 11) is 0. The molecule has 5 heteroatoms. The lowest BCUT2D eigenvalue weighted by Gasteiger charge is -2.24. The van der Waals surface area contributed by atoms with Crippen molar-refractivity contribution in [3.05, 3.63) is 18.3 Å². The lowest BCUT2D eigenvalue weighted by molar-refractivity contribution is 0.0704. The smallest absolute Gasteiger partial charge is 0.163 e. The molecule has 0 N–H and O–H groups in total. The highest BCUT2D eigenvalue weighted by Crippen LogP contribution is 2.26. The summed E-state index contributed by atoms with van der Waals surface area (Å²) in [4.78, 5) is 13.6. The van der Waals surface area contributed by atoms with Gasteiger partial charge >= 0.3 is 0 Å². The zero-order chi connectivity index (χ0) is 13.5. The zero-order valence-corrected chi connectivity index (χ0v) is 11.8. The molecule has 1 aliphatic rings. The van der Waals surface area contributed by atoms with E-state index in [2.05, 4.69) is 35.3 Å². The zero-order valence-electron chi connectivity index (χ0n) is 11.8. The Bertz CT molecular complexity index is 579. The molecule has 0 aromatic carbocycles. The second-order valence-electron chi connectivity index (χ2n) is 6.15. The Labute approximate surface area is 113 Å². The van der Waals surface area contributed by atoms with Crippen LogP contribution in [0, 0.1) is 0 Å². The summed E-state index contributed by atoms with van der Waals surface area (Å²) in [6, 6.07) is 0.446. The van der Waals surface area contributed by atoms with E-state index in [1.165, 1.54) is 0 Å². The third-order valence-corrected chi connectivity index (χ3v) is 3.57. The van der Waals surface area contributed by atoms with Crippen LogP contribution in [0.15, 0.2) is 12.5 Å². The van der Waals surface area contributed by atoms with Crippen LogP contribution in [0.2, 0.25) is 0 Å². The van der Waals surface area contributed by atoms with Gasteiger partial charge in [0.15, 0.2) is 5.65 Å². The number of nitrogens with zero attached hydrogens (tertiary/aromatic N) is 4. The minimum absolute atomic E-state index is 0.0427. The number of rotatable bonds is 1. The molecule has 0 aliphatic carbocycles. The largest absolute Gasteiger partial charge is 0.381 e. The molecule has 3 heterocycles. The first-order valence-corrected chi connectivity index (χ1v) is 6.83. The highest BCUT2D eigenvalue weighted by molar-refractivity contribution is 5.69. The summed E-state index contributed by atoms with van der Waals surface area (Å²) in [5, 5.41) is 0. The normalized spacial score (nSPS) is 18.1. The molecule has 0 spiro atoms. The predicted octanol–water partition coefficient (Wildman–Crippen LogP) is 2.48. The monoisotopic (exact) mass is 260 g/mol. The molecule has 3 rings (SSSR count). The topological polar surface area (TPSA) is 52.8 Å². The van der Waals surface area contributed by atoms with E-state index in [0.717, 1.165) is 43.0 Å². The number of hydrogen-bond donors (Lipinski definition) is 0. The lowest BCUT2D eigenvalue weighted by atomic mass is 9.96. The molecule has 0 unspecified atom stereocenters. The molecule has 1 saturated heterocycles. The molecule has 0 bridgehead atoms. The molecule has 2 aromatic heterocycles. The van der Waals surface area contributed by atoms with E-state index in [4.69, 9.17) is 9.72 Å². The Kier molecular flexibility index (Phi) is 3.01. The number of aromatic nitrogens is 4. The van der Waals surface area contributed by atoms with Gasteiger partial charge in [-0.25, -0.2) is 15.0 Å². The summed E-state index contributed by atoms with van der Waals surface area (Å²) in [5.74, 6) is 0.869. The number of fused-ring (bicyclic) bond motifs is 1. The fraction of sp³-hybridized carbons (Fsp3) is 0.643. The van der Waals surface area contributed by atoms with Gasteiger partial charge in [0.05, 0.1) is 12.5 Å². The van der Waals surface area contributed by atoms with E-state index in [0.29, 0.717) is 6.04 Å². The van der Waals surface area contributed by atoms with E-state index in [-0.39, 0.29) is 5.41 Å². The van der Waals surface area contributed by atoms with Crippen LogP contribution in [0.4, 0.5) is 0 Å². The standard InChI is InChI=1S/C14H20N4O/c1-14(2,3)13-15-8-11-12(17-13)18(9-16-11)10-4-6-19-7-5-10/h8-10H,4-7H2,1-3H3. The van der Waals surface area contributed by atoms with Gasteiger partial charge in [0.1, 0.15) is 11.3 Å². The Morgan fingerprint density at radius 2 is 1.95 bits per heavy atom. The molecular weight excluding hydrogens is 240 g/mol. The van der Waals surface area contributed by atoms with Crippen LogP contribution in [0.25, 0.3) is 11.2 Å². The van der Waals surface area contributed by atoms with Crippen molar-refractivity contribution in [1.82, 2.24) is 19.5 Å². The Morgan fingerprint density at radius 3 is 2.63 bits per heavy atom. The third kappa shape index (κ3) is 2.34. The first-order chi connectivity index (χ1) is 9.05. The summed E-state index contributed by atoms with van der Waals surface area (Å²) in [6.07, 6.45) is 5.78. The van der Waals surface area contributed by atoms with E-state index < -0.39 is 0 Å². The summed E-state index contributed by atoms with van der Waals surface area (Å²) >= 11 is 0. The Morgan fingerprint density at radius 1 is 1.21 bits per heavy atom. The van der Waals surface area contributed by atoms with Crippen molar-refractivity contribution in [3.63, 3.8) is 0 Å². The first-order valence-electron chi connectivity index (χ1n) is 6.83. The van der Waals surface area contributed by atoms with Crippen LogP contribution in [0.5, 0.6) is 0 Å². The number of ether oxygens (including phenoxy) is 1. The minimum atomic E-state index is -0.0427. The second kappa shape index (κ2) is 4.56. The van der Waals surface area contributed by atoms with Crippen LogP contribution in [0.3, 0.4) is 0 Å². The Balaban J connectivity index is 2.05. The molecular formula is C14H20N4O. The predicted molar refractivity (Wildman–Crippen MR) is 73.1 cm³/mol. The first kappa shape index (κ1) is 12.5. The molecule has 1 aliphatic heterocycles. The molecule has 0 amide bonds. The van der Waals surface area contributed by atoms with Crippen LogP contribution in [-0.4, -0.2) is 32.7 Å². The average Bonchev–Trinajstić information content (AvgIpc) is 2.81. The molecule has 0 radical (unpaired) electrons. The van der Waals surface area contributed by atoms with Crippen molar-refractivity contribution in [1.29, 1.82) is 0 Å². The van der Waals surface area contributed by atoms with Crippen molar-refractivity contribution in [2.24, 2.45) is 0 Å². The van der Waals surface area contributed by atoms with Crippen LogP contribution in [-0.2, 0) is 10.2 Å². The summed E-state index contributed by atoms with van der Waals surface area (Å²) in [5.41, 5.74) is 1.78. The van der Waals surface area contributed by atoms with Crippen molar-refractivity contribution < 1.29 is 4.74 Å². The quantitative estimate of drug-likeness (QED) is 0.790. The van der Waals surface area contributed by atoms with E-state index in [1.807, 2.05) is 12.5 Å². The fourth-order valence-corrected chi connectivity index (χ4v) is 2.42. The highest BCUT2D eigenvalue weighted by atomic mass is 16.5. The van der Waals surface area contributed by atoms with Gasteiger partial charge in [-0.1, -0.05) is 20.8 Å². The summed E-state index contributed by atoms with van der Waals surface area (Å²) in [6.45, 7) is 8.03. The van der Waals surface area contributed by atoms with Crippen LogP contribution in [0.1, 0.15) is 45.5 Å². The van der Waals surface area contributed by atoms with Gasteiger partial charge in [0.2, 0.25) is 0 Å². The second-order valence-corrected chi connectivity index (χ2v) is 6.15. The van der Waals surface area contributed by atoms with Gasteiger partial charge in [0, 0.05) is 24.7 Å². The lowest BCUT2D eigenvalue weighted by Crippen LogP contribution is -2.20. The van der Waals surface area contributed by atoms with Crippen molar-refractivity contribution >= 4 is 11.2 Å². The van der Waals surface area contributed by atoms with Crippen molar-refractivity contribution in [3.8, 4) is 0 Å². The maximum Gasteiger partial charge on any atom is 0.163 e. The maximum atomic E-state index is 5.42. The molecule has 102 valence electrons. The number of hydrogen-bond acceptors (Lipinski definition) is 4. The van der Waals surface area contributed by atoms with Gasteiger partial charge < -0.3 is 9.30 Å². The molecule has 5 nitrogen and oxygen atoms in total. The average molecular weight is 260 g/mol. The van der Waals surface area contributed by atoms with Crippen molar-refractivity contribution in [2.45, 2.75) is 45.1 Å². The maximum absolute atomic E-state index is 5.42. The van der Waals surface area contributed by atoms with E-state index in [1.54, 1.807) is 0 Å². The molecule has 0 saturated carbocycles. The van der Waals surface area contributed by atoms with Crippen LogP contribution < -0.4 is 0 Å². The van der Waals surface area contributed by atoms with Gasteiger partial charge in [-0.15, -0.1) is 0 Å². The Hall–Kier alpha value is -1.49. The van der Waals surface area contributed by atoms with Gasteiger partial charge in [-0.3, -0.25) is 0 Å². The van der Waals surface area contributed by atoms with Crippen molar-refractivity contribution in [2.75, 3.05) is 13.2 Å². The highest BCUT2D eigenvalue weighted by Gasteiger charge is 2.22. The minimum Gasteiger partial charge on any atom is -0.381 e. The van der Waals surface area contributed by atoms with Crippen LogP contribution >= 0.6 is 0 Å². The van der Waals surface area contributed by atoms with Gasteiger partial charge in [0.25, 0.3) is 0 Å². The molecule has 1 fully saturated rings. The van der Waals surface area contributed by atoms with E-state index >= 15 is 0 Å². The molecule has 0 atom stereocenters. The van der Waals surface area contributed by atoms with Gasteiger partial charge in [-0.2, -0.15) is 0 Å². The summed E-state index contributed by atoms with van der Waals surface area (Å²) < 4.78 is 7.61. The molecule has 2 aromatic rings. The fourth-order valence-electron chi connectivity index (χ4n) is 2.42. The van der Waals surface area contributed by atoms with Gasteiger partial charge in [-0.05, 0) is 12.8 Å². The third-order valence-electron chi connectivity index (χ3n) is 3.57. The molecule has 19 heavy (non-hydrogen) atoms.